The summed E-state index contributed by atoms with van der Waals surface area (Å²) in [6.07, 6.45) is 1.28. The van der Waals surface area contributed by atoms with Crippen molar-refractivity contribution in [1.29, 1.82) is 0 Å². The maximum Gasteiger partial charge on any atom is 0.246 e. The zero-order valence-electron chi connectivity index (χ0n) is 17.6. The summed E-state index contributed by atoms with van der Waals surface area (Å²) >= 11 is 6.39. The highest BCUT2D eigenvalue weighted by atomic mass is 35.5. The molecule has 1 saturated heterocycles. The second kappa shape index (κ2) is 8.35. The number of halogens is 3. The van der Waals surface area contributed by atoms with E-state index in [-0.39, 0.29) is 33.6 Å². The van der Waals surface area contributed by atoms with E-state index in [0.29, 0.717) is 36.7 Å². The van der Waals surface area contributed by atoms with Crippen LogP contribution in [-0.4, -0.2) is 51.6 Å². The molecule has 3 aromatic rings. The van der Waals surface area contributed by atoms with E-state index in [0.717, 1.165) is 6.07 Å². The molecule has 0 unspecified atom stereocenters. The molecule has 4 rings (SSSR count). The van der Waals surface area contributed by atoms with Crippen molar-refractivity contribution in [2.75, 3.05) is 24.5 Å². The van der Waals surface area contributed by atoms with Gasteiger partial charge in [0.05, 0.1) is 10.6 Å². The molecule has 2 aromatic carbocycles. The summed E-state index contributed by atoms with van der Waals surface area (Å²) in [5.74, 6) is -1.40. The largest absolute Gasteiger partial charge is 0.507 e. The lowest BCUT2D eigenvalue weighted by molar-refractivity contribution is -0.128. The summed E-state index contributed by atoms with van der Waals surface area (Å²) in [5, 5.41) is 10.4. The summed E-state index contributed by atoms with van der Waals surface area (Å²) < 4.78 is 30.1. The molecular formula is C23H21ClF2N4O2. The fraction of sp³-hybridized carbons (Fsp3) is 0.261. The van der Waals surface area contributed by atoms with Crippen LogP contribution >= 0.6 is 11.6 Å². The standard InChI is InChI=1S/C23H21ClF2N4O2/c1-4-18(32)30-9-8-29(11-12(30)2)23-14-10-15(24)19(20-16(25)6-5-7-17(20)31)21(26)22(14)27-13(3)28-23/h4-7,10,12,31H,1,8-9,11H2,2-3H3/t12-/m1/s1. The molecule has 0 radical (unpaired) electrons. The Balaban J connectivity index is 1.85. The predicted molar refractivity (Wildman–Crippen MR) is 120 cm³/mol. The van der Waals surface area contributed by atoms with Crippen molar-refractivity contribution < 1.29 is 18.7 Å². The first-order chi connectivity index (χ1) is 15.2. The van der Waals surface area contributed by atoms with Gasteiger partial charge in [-0.25, -0.2) is 18.7 Å². The number of carbonyl (C=O) groups is 1. The number of hydrogen-bond acceptors (Lipinski definition) is 5. The number of piperazine rings is 1. The third-order valence-electron chi connectivity index (χ3n) is 5.60. The topological polar surface area (TPSA) is 69.6 Å². The van der Waals surface area contributed by atoms with E-state index >= 15 is 4.39 Å². The summed E-state index contributed by atoms with van der Waals surface area (Å²) in [7, 11) is 0. The maximum absolute atomic E-state index is 15.7. The second-order valence-electron chi connectivity index (χ2n) is 7.70. The Labute approximate surface area is 188 Å². The Morgan fingerprint density at radius 2 is 2.03 bits per heavy atom. The number of hydrogen-bond donors (Lipinski definition) is 1. The molecule has 1 atom stereocenters. The van der Waals surface area contributed by atoms with Crippen LogP contribution in [0, 0.1) is 18.6 Å². The van der Waals surface area contributed by atoms with Gasteiger partial charge in [0.25, 0.3) is 0 Å². The molecule has 9 heteroatoms. The number of anilines is 1. The van der Waals surface area contributed by atoms with Crippen LogP contribution in [0.2, 0.25) is 5.02 Å². The number of amides is 1. The van der Waals surface area contributed by atoms with Gasteiger partial charge in [-0.05, 0) is 38.1 Å². The smallest absolute Gasteiger partial charge is 0.246 e. The average molecular weight is 459 g/mol. The second-order valence-corrected chi connectivity index (χ2v) is 8.11. The molecule has 1 aromatic heterocycles. The van der Waals surface area contributed by atoms with Crippen LogP contribution in [-0.2, 0) is 4.79 Å². The van der Waals surface area contributed by atoms with E-state index in [2.05, 4.69) is 16.5 Å². The number of carbonyl (C=O) groups excluding carboxylic acids is 1. The van der Waals surface area contributed by atoms with Crippen molar-refractivity contribution in [3.63, 3.8) is 0 Å². The Morgan fingerprint density at radius 3 is 2.69 bits per heavy atom. The number of nitrogens with zero attached hydrogens (tertiary/aromatic N) is 4. The third kappa shape index (κ3) is 3.64. The highest BCUT2D eigenvalue weighted by Gasteiger charge is 2.29. The van der Waals surface area contributed by atoms with Gasteiger partial charge in [-0.2, -0.15) is 0 Å². The Hall–Kier alpha value is -3.26. The summed E-state index contributed by atoms with van der Waals surface area (Å²) in [5.41, 5.74) is -0.597. The summed E-state index contributed by atoms with van der Waals surface area (Å²) in [4.78, 5) is 24.5. The summed E-state index contributed by atoms with van der Waals surface area (Å²) in [6.45, 7) is 8.49. The monoisotopic (exact) mass is 458 g/mol. The molecule has 32 heavy (non-hydrogen) atoms. The normalized spacial score (nSPS) is 16.5. The molecule has 6 nitrogen and oxygen atoms in total. The van der Waals surface area contributed by atoms with Gasteiger partial charge in [-0.3, -0.25) is 4.79 Å². The van der Waals surface area contributed by atoms with Gasteiger partial charge in [0.2, 0.25) is 5.91 Å². The molecule has 1 aliphatic heterocycles. The van der Waals surface area contributed by atoms with Crippen LogP contribution < -0.4 is 4.90 Å². The first kappa shape index (κ1) is 22.0. The molecule has 0 aliphatic carbocycles. The quantitative estimate of drug-likeness (QED) is 0.587. The number of phenolic OH excluding ortho intramolecular Hbond substituents is 1. The van der Waals surface area contributed by atoms with Gasteiger partial charge >= 0.3 is 0 Å². The minimum absolute atomic E-state index is 0.0215. The van der Waals surface area contributed by atoms with Crippen molar-refractivity contribution >= 4 is 34.2 Å². The molecule has 0 bridgehead atoms. The molecular weight excluding hydrogens is 438 g/mol. The lowest BCUT2D eigenvalue weighted by Crippen LogP contribution is -2.54. The molecule has 1 amide bonds. The molecule has 1 aliphatic rings. The van der Waals surface area contributed by atoms with Gasteiger partial charge in [0, 0.05) is 36.6 Å². The molecule has 0 saturated carbocycles. The molecule has 0 spiro atoms. The number of rotatable bonds is 3. The Bertz CT molecular complexity index is 1230. The summed E-state index contributed by atoms with van der Waals surface area (Å²) in [6, 6.07) is 5.08. The molecule has 1 N–H and O–H groups in total. The van der Waals surface area contributed by atoms with Gasteiger partial charge in [-0.15, -0.1) is 0 Å². The van der Waals surface area contributed by atoms with Crippen LogP contribution in [0.4, 0.5) is 14.6 Å². The van der Waals surface area contributed by atoms with Crippen molar-refractivity contribution in [1.82, 2.24) is 14.9 Å². The number of aryl methyl sites for hydroxylation is 1. The highest BCUT2D eigenvalue weighted by molar-refractivity contribution is 6.34. The van der Waals surface area contributed by atoms with Crippen LogP contribution in [0.5, 0.6) is 5.75 Å². The minimum Gasteiger partial charge on any atom is -0.507 e. The lowest BCUT2D eigenvalue weighted by atomic mass is 10.0. The number of phenols is 1. The highest BCUT2D eigenvalue weighted by Crippen LogP contribution is 2.42. The first-order valence-corrected chi connectivity index (χ1v) is 10.4. The third-order valence-corrected chi connectivity index (χ3v) is 5.90. The number of aromatic nitrogens is 2. The molecule has 1 fully saturated rings. The minimum atomic E-state index is -0.840. The van der Waals surface area contributed by atoms with Crippen LogP contribution in [0.15, 0.2) is 36.9 Å². The average Bonchev–Trinajstić information content (AvgIpc) is 2.75. The Morgan fingerprint density at radius 1 is 1.28 bits per heavy atom. The van der Waals surface area contributed by atoms with Gasteiger partial charge < -0.3 is 14.9 Å². The van der Waals surface area contributed by atoms with E-state index in [9.17, 15) is 14.3 Å². The lowest BCUT2D eigenvalue weighted by Gasteiger charge is -2.40. The van der Waals surface area contributed by atoms with Gasteiger partial charge in [0.1, 0.15) is 28.7 Å². The van der Waals surface area contributed by atoms with Crippen molar-refractivity contribution in [3.05, 3.63) is 59.4 Å². The first-order valence-electron chi connectivity index (χ1n) is 10.0. The van der Waals surface area contributed by atoms with Crippen molar-refractivity contribution in [2.24, 2.45) is 0 Å². The zero-order chi connectivity index (χ0) is 23.2. The van der Waals surface area contributed by atoms with E-state index in [1.165, 1.54) is 24.3 Å². The maximum atomic E-state index is 15.7. The van der Waals surface area contributed by atoms with Crippen molar-refractivity contribution in [3.8, 4) is 16.9 Å². The van der Waals surface area contributed by atoms with E-state index in [1.807, 2.05) is 11.8 Å². The molecule has 166 valence electrons. The van der Waals surface area contributed by atoms with E-state index in [1.54, 1.807) is 11.8 Å². The fourth-order valence-electron chi connectivity index (χ4n) is 4.11. The van der Waals surface area contributed by atoms with Gasteiger partial charge in [-0.1, -0.05) is 24.2 Å². The van der Waals surface area contributed by atoms with Gasteiger partial charge in [0.15, 0.2) is 5.82 Å². The van der Waals surface area contributed by atoms with Crippen LogP contribution in [0.1, 0.15) is 12.7 Å². The SMILES string of the molecule is C=CC(=O)N1CCN(c2nc(C)nc3c(F)c(-c4c(O)cccc4F)c(Cl)cc23)C[C@H]1C. The van der Waals surface area contributed by atoms with Crippen LogP contribution in [0.25, 0.3) is 22.0 Å². The zero-order valence-corrected chi connectivity index (χ0v) is 18.3. The Kier molecular flexibility index (Phi) is 5.73. The van der Waals surface area contributed by atoms with Crippen LogP contribution in [0.3, 0.4) is 0 Å². The van der Waals surface area contributed by atoms with E-state index < -0.39 is 17.4 Å². The number of benzene rings is 2. The van der Waals surface area contributed by atoms with E-state index in [4.69, 9.17) is 11.6 Å². The molecule has 2 heterocycles. The van der Waals surface area contributed by atoms with Crippen molar-refractivity contribution in [2.45, 2.75) is 19.9 Å². The fourth-order valence-corrected chi connectivity index (χ4v) is 4.40. The number of fused-ring (bicyclic) bond motifs is 1. The predicted octanol–water partition coefficient (Wildman–Crippen LogP) is 4.47. The number of aromatic hydroxyl groups is 1.